The molecule has 0 fully saturated rings. The molecule has 2 aromatic rings. The quantitative estimate of drug-likeness (QED) is 0.240. The summed E-state index contributed by atoms with van der Waals surface area (Å²) in [5.41, 5.74) is 3.56. The summed E-state index contributed by atoms with van der Waals surface area (Å²) in [4.78, 5) is 23.5. The largest absolute Gasteiger partial charge is 0.489 e. The first-order valence-electron chi connectivity index (χ1n) is 9.75. The number of benzene rings is 2. The average molecular weight is 466 g/mol. The predicted octanol–water partition coefficient (Wildman–Crippen LogP) is 3.95. The predicted molar refractivity (Wildman–Crippen MR) is 122 cm³/mol. The van der Waals surface area contributed by atoms with Gasteiger partial charge in [-0.15, -0.1) is 0 Å². The lowest BCUT2D eigenvalue weighted by atomic mass is 10.2. The van der Waals surface area contributed by atoms with Gasteiger partial charge < -0.3 is 14.8 Å². The summed E-state index contributed by atoms with van der Waals surface area (Å²) in [6.45, 7) is 4.93. The Morgan fingerprint density at radius 2 is 1.81 bits per heavy atom. The number of nitrogens with zero attached hydrogens (tertiary/aromatic N) is 1. The summed E-state index contributed by atoms with van der Waals surface area (Å²) in [6, 6.07) is 12.3. The van der Waals surface area contributed by atoms with Crippen LogP contribution >= 0.6 is 23.2 Å². The third kappa shape index (κ3) is 8.96. The van der Waals surface area contributed by atoms with Crippen LogP contribution in [0.5, 0.6) is 5.75 Å². The maximum Gasteiger partial charge on any atom is 0.329 e. The second kappa shape index (κ2) is 12.9. The average Bonchev–Trinajstić information content (AvgIpc) is 2.73. The van der Waals surface area contributed by atoms with Crippen LogP contribution in [0.4, 0.5) is 0 Å². The summed E-state index contributed by atoms with van der Waals surface area (Å²) in [7, 11) is 0. The summed E-state index contributed by atoms with van der Waals surface area (Å²) in [5, 5.41) is 7.37. The van der Waals surface area contributed by atoms with Crippen molar-refractivity contribution in [2.24, 2.45) is 5.10 Å². The number of nitrogens with one attached hydrogen (secondary N) is 2. The number of rotatable bonds is 10. The second-order valence-electron chi connectivity index (χ2n) is 6.79. The SMILES string of the molecule is CC(C)OCCCNC(=O)C(=O)N/N=C\c1cccc(OCc2c(Cl)cccc2Cl)c1. The number of hydrazone groups is 1. The van der Waals surface area contributed by atoms with Crippen LogP contribution in [0.3, 0.4) is 0 Å². The molecule has 2 N–H and O–H groups in total. The van der Waals surface area contributed by atoms with Crippen molar-refractivity contribution in [3.63, 3.8) is 0 Å². The van der Waals surface area contributed by atoms with Crippen molar-refractivity contribution < 1.29 is 19.1 Å². The summed E-state index contributed by atoms with van der Waals surface area (Å²) < 4.78 is 11.1. The lowest BCUT2D eigenvalue weighted by Gasteiger charge is -2.10. The standard InChI is InChI=1S/C22H25Cl2N3O4/c1-15(2)30-11-5-10-25-21(28)22(29)27-26-13-16-6-3-7-17(12-16)31-14-18-19(23)8-4-9-20(18)24/h3-4,6-9,12-13,15H,5,10-11,14H2,1-2H3,(H,25,28)(H,27,29)/b26-13-. The molecule has 0 aliphatic rings. The molecule has 31 heavy (non-hydrogen) atoms. The minimum atomic E-state index is -0.846. The minimum Gasteiger partial charge on any atom is -0.489 e. The lowest BCUT2D eigenvalue weighted by molar-refractivity contribution is -0.139. The van der Waals surface area contributed by atoms with E-state index in [-0.39, 0.29) is 12.7 Å². The van der Waals surface area contributed by atoms with Gasteiger partial charge in [-0.2, -0.15) is 5.10 Å². The van der Waals surface area contributed by atoms with E-state index >= 15 is 0 Å². The monoisotopic (exact) mass is 465 g/mol. The fraction of sp³-hybridized carbons (Fsp3) is 0.318. The molecular formula is C22H25Cl2N3O4. The molecule has 0 aliphatic heterocycles. The highest BCUT2D eigenvalue weighted by Gasteiger charge is 2.11. The Hall–Kier alpha value is -2.61. The van der Waals surface area contributed by atoms with E-state index in [1.54, 1.807) is 42.5 Å². The van der Waals surface area contributed by atoms with E-state index in [0.29, 0.717) is 46.5 Å². The topological polar surface area (TPSA) is 89.0 Å². The van der Waals surface area contributed by atoms with Crippen LogP contribution in [0.1, 0.15) is 31.4 Å². The van der Waals surface area contributed by atoms with Crippen molar-refractivity contribution in [3.8, 4) is 5.75 Å². The van der Waals surface area contributed by atoms with E-state index in [0.717, 1.165) is 0 Å². The highest BCUT2D eigenvalue weighted by atomic mass is 35.5. The molecule has 0 spiro atoms. The Kier molecular flexibility index (Phi) is 10.3. The smallest absolute Gasteiger partial charge is 0.329 e. The number of halogens is 2. The van der Waals surface area contributed by atoms with Gasteiger partial charge in [-0.25, -0.2) is 5.43 Å². The molecule has 0 aliphatic carbocycles. The van der Waals surface area contributed by atoms with Gasteiger partial charge in [0.2, 0.25) is 0 Å². The van der Waals surface area contributed by atoms with Gasteiger partial charge in [-0.3, -0.25) is 9.59 Å². The number of carbonyl (C=O) groups excluding carboxylic acids is 2. The highest BCUT2D eigenvalue weighted by Crippen LogP contribution is 2.26. The zero-order valence-corrected chi connectivity index (χ0v) is 18.9. The van der Waals surface area contributed by atoms with Gasteiger partial charge >= 0.3 is 11.8 Å². The van der Waals surface area contributed by atoms with E-state index in [9.17, 15) is 9.59 Å². The van der Waals surface area contributed by atoms with Crippen LogP contribution in [0.2, 0.25) is 10.0 Å². The Morgan fingerprint density at radius 1 is 1.10 bits per heavy atom. The molecule has 0 saturated carbocycles. The zero-order valence-electron chi connectivity index (χ0n) is 17.4. The number of hydrogen-bond acceptors (Lipinski definition) is 5. The van der Waals surface area contributed by atoms with Crippen LogP contribution < -0.4 is 15.5 Å². The maximum absolute atomic E-state index is 11.8. The minimum absolute atomic E-state index is 0.131. The first-order chi connectivity index (χ1) is 14.9. The van der Waals surface area contributed by atoms with Crippen LogP contribution in [-0.4, -0.2) is 37.3 Å². The van der Waals surface area contributed by atoms with Gasteiger partial charge in [0.1, 0.15) is 12.4 Å². The number of ether oxygens (including phenoxy) is 2. The molecule has 2 aromatic carbocycles. The zero-order chi connectivity index (χ0) is 22.6. The number of hydrogen-bond donors (Lipinski definition) is 2. The van der Waals surface area contributed by atoms with Gasteiger partial charge in [0, 0.05) is 28.8 Å². The molecule has 0 saturated heterocycles. The molecular weight excluding hydrogens is 441 g/mol. The van der Waals surface area contributed by atoms with Crippen molar-refractivity contribution >= 4 is 41.2 Å². The van der Waals surface area contributed by atoms with E-state index in [2.05, 4.69) is 15.8 Å². The number of carbonyl (C=O) groups is 2. The number of amides is 2. The maximum atomic E-state index is 11.8. The summed E-state index contributed by atoms with van der Waals surface area (Å²) >= 11 is 12.3. The van der Waals surface area contributed by atoms with Crippen LogP contribution in [-0.2, 0) is 20.9 Å². The van der Waals surface area contributed by atoms with Crippen LogP contribution in [0.15, 0.2) is 47.6 Å². The first kappa shape index (κ1) is 24.7. The fourth-order valence-electron chi connectivity index (χ4n) is 2.40. The Bertz CT molecular complexity index is 899. The van der Waals surface area contributed by atoms with Crippen LogP contribution in [0.25, 0.3) is 0 Å². The van der Waals surface area contributed by atoms with E-state index < -0.39 is 11.8 Å². The van der Waals surface area contributed by atoms with Crippen molar-refractivity contribution in [1.29, 1.82) is 0 Å². The van der Waals surface area contributed by atoms with Crippen molar-refractivity contribution in [2.45, 2.75) is 33.0 Å². The van der Waals surface area contributed by atoms with Gasteiger partial charge in [0.25, 0.3) is 0 Å². The highest BCUT2D eigenvalue weighted by molar-refractivity contribution is 6.36. The molecule has 0 bridgehead atoms. The molecule has 0 atom stereocenters. The van der Waals surface area contributed by atoms with Crippen molar-refractivity contribution in [2.75, 3.05) is 13.2 Å². The Morgan fingerprint density at radius 3 is 2.52 bits per heavy atom. The molecule has 2 rings (SSSR count). The first-order valence-corrected chi connectivity index (χ1v) is 10.5. The van der Waals surface area contributed by atoms with Gasteiger partial charge in [-0.1, -0.05) is 41.4 Å². The fourth-order valence-corrected chi connectivity index (χ4v) is 2.91. The van der Waals surface area contributed by atoms with E-state index in [1.165, 1.54) is 6.21 Å². The molecule has 2 amide bonds. The second-order valence-corrected chi connectivity index (χ2v) is 7.60. The van der Waals surface area contributed by atoms with Gasteiger partial charge in [-0.05, 0) is 50.1 Å². The molecule has 0 heterocycles. The van der Waals surface area contributed by atoms with E-state index in [4.69, 9.17) is 32.7 Å². The molecule has 9 heteroatoms. The molecule has 0 aromatic heterocycles. The third-order valence-electron chi connectivity index (χ3n) is 3.95. The van der Waals surface area contributed by atoms with Gasteiger partial charge in [0.15, 0.2) is 0 Å². The van der Waals surface area contributed by atoms with Gasteiger partial charge in [0.05, 0.1) is 12.3 Å². The molecule has 0 radical (unpaired) electrons. The Labute approximate surface area is 191 Å². The third-order valence-corrected chi connectivity index (χ3v) is 4.65. The lowest BCUT2D eigenvalue weighted by Crippen LogP contribution is -2.38. The van der Waals surface area contributed by atoms with E-state index in [1.807, 2.05) is 13.8 Å². The summed E-state index contributed by atoms with van der Waals surface area (Å²) in [5.74, 6) is -1.02. The molecule has 166 valence electrons. The van der Waals surface area contributed by atoms with Crippen molar-refractivity contribution in [1.82, 2.24) is 10.7 Å². The normalized spacial score (nSPS) is 11.0. The Balaban J connectivity index is 1.80. The van der Waals surface area contributed by atoms with Crippen LogP contribution in [0, 0.1) is 0 Å². The van der Waals surface area contributed by atoms with Crippen molar-refractivity contribution in [3.05, 3.63) is 63.6 Å². The molecule has 0 unspecified atom stereocenters. The molecule has 7 nitrogen and oxygen atoms in total. The summed E-state index contributed by atoms with van der Waals surface area (Å²) in [6.07, 6.45) is 2.16.